The van der Waals surface area contributed by atoms with Crippen molar-refractivity contribution in [1.82, 2.24) is 4.57 Å². The van der Waals surface area contributed by atoms with E-state index in [0.717, 1.165) is 39.5 Å². The fourth-order valence-corrected chi connectivity index (χ4v) is 4.30. The van der Waals surface area contributed by atoms with E-state index in [-0.39, 0.29) is 5.63 Å². The molecule has 0 aliphatic heterocycles. The third kappa shape index (κ3) is 2.94. The number of hydrogen-bond acceptors (Lipinski definition) is 2. The Morgan fingerprint density at radius 3 is 1.97 bits per heavy atom. The van der Waals surface area contributed by atoms with E-state index in [1.807, 2.05) is 60.7 Å². The number of para-hydroxylation sites is 1. The van der Waals surface area contributed by atoms with Crippen LogP contribution in [0.2, 0.25) is 0 Å². The van der Waals surface area contributed by atoms with Crippen LogP contribution in [0, 0.1) is 5.92 Å². The van der Waals surface area contributed by atoms with Crippen LogP contribution in [0.1, 0.15) is 13.8 Å². The zero-order valence-electron chi connectivity index (χ0n) is 17.1. The summed E-state index contributed by atoms with van der Waals surface area (Å²) in [5.74, 6) is 0.420. The van der Waals surface area contributed by atoms with Crippen LogP contribution in [-0.4, -0.2) is 4.57 Å². The summed E-state index contributed by atoms with van der Waals surface area (Å²) in [4.78, 5) is 13.4. The fraction of sp³-hybridized carbons (Fsp3) is 0.148. The molecule has 3 aromatic carbocycles. The van der Waals surface area contributed by atoms with Gasteiger partial charge in [-0.2, -0.15) is 0 Å². The molecule has 0 unspecified atom stereocenters. The van der Waals surface area contributed by atoms with Crippen molar-refractivity contribution in [2.24, 2.45) is 5.92 Å². The maximum Gasteiger partial charge on any atom is 0.346 e. The third-order valence-electron chi connectivity index (χ3n) is 5.49. The van der Waals surface area contributed by atoms with Crippen molar-refractivity contribution >= 4 is 22.0 Å². The van der Waals surface area contributed by atoms with Gasteiger partial charge in [-0.15, -0.1) is 0 Å². The van der Waals surface area contributed by atoms with Crippen molar-refractivity contribution in [3.8, 4) is 22.3 Å². The molecule has 0 N–H and O–H groups in total. The largest absolute Gasteiger partial charge is 0.405 e. The molecule has 5 aromatic rings. The maximum atomic E-state index is 13.4. The van der Waals surface area contributed by atoms with Gasteiger partial charge in [-0.05, 0) is 23.1 Å². The van der Waals surface area contributed by atoms with Gasteiger partial charge in [-0.3, -0.25) is 0 Å². The number of rotatable bonds is 4. The van der Waals surface area contributed by atoms with Crippen LogP contribution in [0.25, 0.3) is 44.3 Å². The lowest BCUT2D eigenvalue weighted by Crippen LogP contribution is -2.09. The second-order valence-electron chi connectivity index (χ2n) is 8.07. The summed E-state index contributed by atoms with van der Waals surface area (Å²) in [5.41, 5.74) is 4.86. The van der Waals surface area contributed by atoms with Crippen molar-refractivity contribution < 1.29 is 4.42 Å². The lowest BCUT2D eigenvalue weighted by molar-refractivity contribution is 0.487. The molecule has 3 nitrogen and oxygen atoms in total. The Morgan fingerprint density at radius 1 is 0.767 bits per heavy atom. The molecule has 0 saturated carbocycles. The number of benzene rings is 3. The highest BCUT2D eigenvalue weighted by Gasteiger charge is 2.23. The highest BCUT2D eigenvalue weighted by atomic mass is 16.4. The second-order valence-corrected chi connectivity index (χ2v) is 8.07. The normalized spacial score (nSPS) is 11.6. The molecule has 30 heavy (non-hydrogen) atoms. The topological polar surface area (TPSA) is 35.1 Å². The zero-order chi connectivity index (χ0) is 20.7. The minimum absolute atomic E-state index is 0.305. The average molecular weight is 393 g/mol. The highest BCUT2D eigenvalue weighted by Crippen LogP contribution is 2.41. The molecule has 0 bridgehead atoms. The maximum absolute atomic E-state index is 13.4. The van der Waals surface area contributed by atoms with Gasteiger partial charge in [-0.1, -0.05) is 92.7 Å². The average Bonchev–Trinajstić information content (AvgIpc) is 3.07. The van der Waals surface area contributed by atoms with E-state index < -0.39 is 0 Å². The Balaban J connectivity index is 2.02. The SMILES string of the molecule is CC(C)Cn1c2ccccc2c2c(-c3ccccc3)c(-c3ccccc3)c(=O)oc21. The lowest BCUT2D eigenvalue weighted by Gasteiger charge is -2.12. The van der Waals surface area contributed by atoms with Gasteiger partial charge in [0.25, 0.3) is 0 Å². The van der Waals surface area contributed by atoms with Crippen LogP contribution in [0.5, 0.6) is 0 Å². The summed E-state index contributed by atoms with van der Waals surface area (Å²) in [6.07, 6.45) is 0. The predicted molar refractivity (Wildman–Crippen MR) is 124 cm³/mol. The van der Waals surface area contributed by atoms with E-state index in [9.17, 15) is 4.79 Å². The van der Waals surface area contributed by atoms with Crippen LogP contribution in [-0.2, 0) is 6.54 Å². The van der Waals surface area contributed by atoms with E-state index in [0.29, 0.717) is 17.2 Å². The first-order valence-electron chi connectivity index (χ1n) is 10.3. The van der Waals surface area contributed by atoms with E-state index in [4.69, 9.17) is 4.42 Å². The molecule has 0 spiro atoms. The predicted octanol–water partition coefficient (Wildman–Crippen LogP) is 6.74. The first kappa shape index (κ1) is 18.4. The molecule has 0 aliphatic rings. The zero-order valence-corrected chi connectivity index (χ0v) is 17.1. The summed E-state index contributed by atoms with van der Waals surface area (Å²) in [6.45, 7) is 5.14. The van der Waals surface area contributed by atoms with Crippen LogP contribution in [0.15, 0.2) is 94.1 Å². The third-order valence-corrected chi connectivity index (χ3v) is 5.49. The van der Waals surface area contributed by atoms with Gasteiger partial charge >= 0.3 is 5.63 Å². The number of hydrogen-bond donors (Lipinski definition) is 0. The number of aromatic nitrogens is 1. The van der Waals surface area contributed by atoms with E-state index in [1.165, 1.54) is 0 Å². The number of fused-ring (bicyclic) bond motifs is 3. The highest BCUT2D eigenvalue weighted by molar-refractivity contribution is 6.15. The Hall–Kier alpha value is -3.59. The van der Waals surface area contributed by atoms with E-state index >= 15 is 0 Å². The van der Waals surface area contributed by atoms with Gasteiger partial charge in [0.2, 0.25) is 5.71 Å². The minimum Gasteiger partial charge on any atom is -0.405 e. The van der Waals surface area contributed by atoms with Gasteiger partial charge in [-0.25, -0.2) is 4.79 Å². The van der Waals surface area contributed by atoms with Gasteiger partial charge in [0, 0.05) is 17.5 Å². The molecule has 5 rings (SSSR count). The van der Waals surface area contributed by atoms with Crippen molar-refractivity contribution in [1.29, 1.82) is 0 Å². The summed E-state index contributed by atoms with van der Waals surface area (Å²) in [6, 6.07) is 28.3. The van der Waals surface area contributed by atoms with Crippen molar-refractivity contribution in [2.45, 2.75) is 20.4 Å². The Kier molecular flexibility index (Phi) is 4.51. The monoisotopic (exact) mass is 393 g/mol. The summed E-state index contributed by atoms with van der Waals surface area (Å²) in [7, 11) is 0. The first-order chi connectivity index (χ1) is 14.6. The second kappa shape index (κ2) is 7.34. The Morgan fingerprint density at radius 2 is 1.33 bits per heavy atom. The van der Waals surface area contributed by atoms with Crippen LogP contribution < -0.4 is 5.63 Å². The number of nitrogens with zero attached hydrogens (tertiary/aromatic N) is 1. The van der Waals surface area contributed by atoms with Gasteiger partial charge in [0.05, 0.1) is 16.5 Å². The molecular weight excluding hydrogens is 370 g/mol. The van der Waals surface area contributed by atoms with Gasteiger partial charge in [0.15, 0.2) is 0 Å². The Bertz CT molecular complexity index is 1390. The van der Waals surface area contributed by atoms with Crippen LogP contribution in [0.3, 0.4) is 0 Å². The van der Waals surface area contributed by atoms with E-state index in [1.54, 1.807) is 0 Å². The van der Waals surface area contributed by atoms with Gasteiger partial charge in [0.1, 0.15) is 0 Å². The molecule has 3 heteroatoms. The molecule has 2 heterocycles. The van der Waals surface area contributed by atoms with Crippen LogP contribution >= 0.6 is 0 Å². The van der Waals surface area contributed by atoms with E-state index in [2.05, 4.69) is 42.7 Å². The van der Waals surface area contributed by atoms with Crippen molar-refractivity contribution in [3.05, 3.63) is 95.3 Å². The molecular formula is C27H23NO2. The molecule has 0 saturated heterocycles. The van der Waals surface area contributed by atoms with Crippen molar-refractivity contribution in [2.75, 3.05) is 0 Å². The fourth-order valence-electron chi connectivity index (χ4n) is 4.30. The molecule has 0 radical (unpaired) electrons. The lowest BCUT2D eigenvalue weighted by atomic mass is 9.93. The minimum atomic E-state index is -0.305. The summed E-state index contributed by atoms with van der Waals surface area (Å²) >= 11 is 0. The molecule has 2 aromatic heterocycles. The Labute approximate surface area is 175 Å². The molecule has 0 atom stereocenters. The summed E-state index contributed by atoms with van der Waals surface area (Å²) < 4.78 is 8.18. The first-order valence-corrected chi connectivity index (χ1v) is 10.3. The standard InChI is InChI=1S/C27H23NO2/c1-18(2)17-28-22-16-10-9-15-21(22)25-23(19-11-5-3-6-12-19)24(27(29)30-26(25)28)20-13-7-4-8-14-20/h3-16,18H,17H2,1-2H3. The summed E-state index contributed by atoms with van der Waals surface area (Å²) in [5, 5.41) is 2.10. The smallest absolute Gasteiger partial charge is 0.346 e. The molecule has 148 valence electrons. The molecule has 0 aliphatic carbocycles. The van der Waals surface area contributed by atoms with Crippen LogP contribution in [0.4, 0.5) is 0 Å². The van der Waals surface area contributed by atoms with Gasteiger partial charge < -0.3 is 8.98 Å². The quantitative estimate of drug-likeness (QED) is 0.339. The molecule has 0 fully saturated rings. The molecule has 0 amide bonds. The van der Waals surface area contributed by atoms with Crippen molar-refractivity contribution in [3.63, 3.8) is 0 Å².